The molecule has 0 atom stereocenters. The lowest BCUT2D eigenvalue weighted by atomic mass is 10.2. The molecule has 1 aliphatic carbocycles. The van der Waals surface area contributed by atoms with Crippen molar-refractivity contribution in [3.63, 3.8) is 0 Å². The summed E-state index contributed by atoms with van der Waals surface area (Å²) in [7, 11) is 6.98. The zero-order chi connectivity index (χ0) is 18.2. The molecule has 0 aliphatic heterocycles. The van der Waals surface area contributed by atoms with E-state index in [4.69, 9.17) is 9.47 Å². The van der Waals surface area contributed by atoms with E-state index >= 15 is 0 Å². The van der Waals surface area contributed by atoms with E-state index in [-0.39, 0.29) is 35.8 Å². The molecule has 0 heterocycles. The van der Waals surface area contributed by atoms with Gasteiger partial charge in [0, 0.05) is 51.3 Å². The second kappa shape index (κ2) is 11.1. The molecule has 146 valence electrons. The molecule has 7 nitrogen and oxygen atoms in total. The van der Waals surface area contributed by atoms with Crippen LogP contribution in [0.4, 0.5) is 0 Å². The molecule has 0 saturated heterocycles. The van der Waals surface area contributed by atoms with Gasteiger partial charge in [-0.2, -0.15) is 0 Å². The van der Waals surface area contributed by atoms with Gasteiger partial charge in [0.15, 0.2) is 5.96 Å². The molecule has 2 rings (SSSR count). The van der Waals surface area contributed by atoms with Crippen LogP contribution in [0.15, 0.2) is 23.2 Å². The molecule has 0 spiro atoms. The van der Waals surface area contributed by atoms with Crippen LogP contribution in [0.25, 0.3) is 0 Å². The van der Waals surface area contributed by atoms with Crippen LogP contribution >= 0.6 is 24.0 Å². The molecule has 0 unspecified atom stereocenters. The molecule has 0 aromatic heterocycles. The van der Waals surface area contributed by atoms with Crippen LogP contribution in [0, 0.1) is 5.92 Å². The van der Waals surface area contributed by atoms with Crippen LogP contribution in [0.1, 0.15) is 18.4 Å². The highest BCUT2D eigenvalue weighted by Crippen LogP contribution is 2.28. The molecule has 1 amide bonds. The topological polar surface area (TPSA) is 75.2 Å². The van der Waals surface area contributed by atoms with E-state index in [0.717, 1.165) is 35.9 Å². The van der Waals surface area contributed by atoms with Crippen molar-refractivity contribution in [2.75, 3.05) is 41.4 Å². The van der Waals surface area contributed by atoms with Crippen molar-refractivity contribution in [2.24, 2.45) is 10.9 Å². The van der Waals surface area contributed by atoms with E-state index in [9.17, 15) is 4.79 Å². The summed E-state index contributed by atoms with van der Waals surface area (Å²) in [6.45, 7) is 1.87. The maximum absolute atomic E-state index is 11.6. The number of halogens is 1. The molecule has 8 heteroatoms. The van der Waals surface area contributed by atoms with Crippen LogP contribution in [0.2, 0.25) is 0 Å². The predicted molar refractivity (Wildman–Crippen MR) is 114 cm³/mol. The van der Waals surface area contributed by atoms with Crippen molar-refractivity contribution in [3.8, 4) is 11.5 Å². The van der Waals surface area contributed by atoms with Crippen LogP contribution < -0.4 is 20.1 Å². The maximum atomic E-state index is 11.6. The number of carbonyl (C=O) groups is 1. The van der Waals surface area contributed by atoms with E-state index in [1.54, 1.807) is 21.3 Å². The largest absolute Gasteiger partial charge is 0.497 e. The Hall–Kier alpha value is -1.71. The number of guanidine groups is 1. The van der Waals surface area contributed by atoms with Gasteiger partial charge in [-0.05, 0) is 25.0 Å². The number of methoxy groups -OCH3 is 2. The third-order valence-electron chi connectivity index (χ3n) is 4.13. The molecule has 0 radical (unpaired) electrons. The number of benzene rings is 1. The van der Waals surface area contributed by atoms with E-state index < -0.39 is 0 Å². The summed E-state index contributed by atoms with van der Waals surface area (Å²) in [5.41, 5.74) is 1.04. The Morgan fingerprint density at radius 2 is 1.92 bits per heavy atom. The van der Waals surface area contributed by atoms with Gasteiger partial charge in [0.25, 0.3) is 0 Å². The highest BCUT2D eigenvalue weighted by Gasteiger charge is 2.28. The Bertz CT molecular complexity index is 620. The third-order valence-corrected chi connectivity index (χ3v) is 4.13. The average molecular weight is 476 g/mol. The Morgan fingerprint density at radius 1 is 1.23 bits per heavy atom. The van der Waals surface area contributed by atoms with Crippen LogP contribution in [-0.4, -0.2) is 58.2 Å². The van der Waals surface area contributed by atoms with Crippen LogP contribution in [0.5, 0.6) is 11.5 Å². The number of rotatable bonds is 8. The second-order valence-corrected chi connectivity index (χ2v) is 6.07. The van der Waals surface area contributed by atoms with Crippen molar-refractivity contribution in [3.05, 3.63) is 23.8 Å². The fraction of sp³-hybridized carbons (Fsp3) is 0.556. The molecule has 1 aliphatic rings. The van der Waals surface area contributed by atoms with Gasteiger partial charge in [-0.3, -0.25) is 9.79 Å². The van der Waals surface area contributed by atoms with E-state index in [2.05, 4.69) is 15.6 Å². The minimum atomic E-state index is 0. The van der Waals surface area contributed by atoms with Crippen LogP contribution in [-0.2, 0) is 11.3 Å². The highest BCUT2D eigenvalue weighted by atomic mass is 127. The zero-order valence-corrected chi connectivity index (χ0v) is 18.2. The number of hydrogen-bond acceptors (Lipinski definition) is 4. The summed E-state index contributed by atoms with van der Waals surface area (Å²) >= 11 is 0. The first-order chi connectivity index (χ1) is 12.1. The van der Waals surface area contributed by atoms with Gasteiger partial charge >= 0.3 is 0 Å². The lowest BCUT2D eigenvalue weighted by molar-refractivity contribution is -0.122. The number of carbonyl (C=O) groups excluding carboxylic acids is 1. The Morgan fingerprint density at radius 3 is 2.50 bits per heavy atom. The maximum Gasteiger partial charge on any atom is 0.223 e. The van der Waals surface area contributed by atoms with Crippen molar-refractivity contribution in [1.29, 1.82) is 0 Å². The van der Waals surface area contributed by atoms with Gasteiger partial charge in [0.05, 0.1) is 14.2 Å². The van der Waals surface area contributed by atoms with Crippen molar-refractivity contribution in [1.82, 2.24) is 15.5 Å². The first-order valence-corrected chi connectivity index (χ1v) is 8.49. The summed E-state index contributed by atoms with van der Waals surface area (Å²) in [6, 6.07) is 5.76. The molecular weight excluding hydrogens is 447 g/mol. The Kier molecular flexibility index (Phi) is 9.53. The molecule has 1 saturated carbocycles. The number of nitrogens with zero attached hydrogens (tertiary/aromatic N) is 2. The molecule has 26 heavy (non-hydrogen) atoms. The summed E-state index contributed by atoms with van der Waals surface area (Å²) < 4.78 is 10.7. The van der Waals surface area contributed by atoms with E-state index in [0.29, 0.717) is 19.6 Å². The van der Waals surface area contributed by atoms with Crippen LogP contribution in [0.3, 0.4) is 0 Å². The SMILES string of the molecule is CN=C(NCCNC(=O)C1CC1)N(C)Cc1ccc(OC)cc1OC.I. The van der Waals surface area contributed by atoms with Gasteiger partial charge in [0.1, 0.15) is 11.5 Å². The normalized spacial score (nSPS) is 13.5. The summed E-state index contributed by atoms with van der Waals surface area (Å²) in [5, 5.41) is 6.19. The monoisotopic (exact) mass is 476 g/mol. The van der Waals surface area contributed by atoms with Gasteiger partial charge in [0.2, 0.25) is 5.91 Å². The first-order valence-electron chi connectivity index (χ1n) is 8.49. The van der Waals surface area contributed by atoms with Gasteiger partial charge in [-0.25, -0.2) is 0 Å². The molecule has 1 fully saturated rings. The van der Waals surface area contributed by atoms with Gasteiger partial charge in [-0.15, -0.1) is 24.0 Å². The quantitative estimate of drug-likeness (QED) is 0.259. The number of hydrogen-bond donors (Lipinski definition) is 2. The molecule has 1 aromatic carbocycles. The Balaban J connectivity index is 0.00000338. The third kappa shape index (κ3) is 6.54. The van der Waals surface area contributed by atoms with Crippen molar-refractivity contribution >= 4 is 35.8 Å². The average Bonchev–Trinajstić information content (AvgIpc) is 3.47. The second-order valence-electron chi connectivity index (χ2n) is 6.07. The summed E-state index contributed by atoms with van der Waals surface area (Å²) in [6.07, 6.45) is 2.04. The zero-order valence-electron chi connectivity index (χ0n) is 15.9. The summed E-state index contributed by atoms with van der Waals surface area (Å²) in [4.78, 5) is 17.9. The van der Waals surface area contributed by atoms with E-state index in [1.165, 1.54) is 0 Å². The lowest BCUT2D eigenvalue weighted by Gasteiger charge is -2.23. The predicted octanol–water partition coefficient (Wildman–Crippen LogP) is 1.86. The number of aliphatic imine (C=N–C) groups is 1. The minimum Gasteiger partial charge on any atom is -0.497 e. The molecule has 0 bridgehead atoms. The van der Waals surface area contributed by atoms with E-state index in [1.807, 2.05) is 30.1 Å². The van der Waals surface area contributed by atoms with Crippen molar-refractivity contribution in [2.45, 2.75) is 19.4 Å². The fourth-order valence-corrected chi connectivity index (χ4v) is 2.55. The lowest BCUT2D eigenvalue weighted by Crippen LogP contribution is -2.42. The van der Waals surface area contributed by atoms with Gasteiger partial charge in [-0.1, -0.05) is 0 Å². The fourth-order valence-electron chi connectivity index (χ4n) is 2.55. The minimum absolute atomic E-state index is 0. The van der Waals surface area contributed by atoms with Gasteiger partial charge < -0.3 is 25.0 Å². The smallest absolute Gasteiger partial charge is 0.223 e. The molecular formula is C18H29IN4O3. The number of amides is 1. The standard InChI is InChI=1S/C18H28N4O3.HI/c1-19-18(21-10-9-20-17(23)13-5-6-13)22(2)12-14-7-8-15(24-3)11-16(14)25-4;/h7-8,11,13H,5-6,9-10,12H2,1-4H3,(H,19,21)(H,20,23);1H. The summed E-state index contributed by atoms with van der Waals surface area (Å²) in [5.74, 6) is 2.70. The molecule has 2 N–H and O–H groups in total. The molecule has 1 aromatic rings. The first kappa shape index (κ1) is 22.3. The highest BCUT2D eigenvalue weighted by molar-refractivity contribution is 14.0. The number of nitrogens with one attached hydrogen (secondary N) is 2. The number of ether oxygens (including phenoxy) is 2. The van der Waals surface area contributed by atoms with Crippen molar-refractivity contribution < 1.29 is 14.3 Å². The Labute approximate surface area is 172 Å².